The van der Waals surface area contributed by atoms with E-state index in [1.807, 2.05) is 30.3 Å². The molecule has 0 saturated heterocycles. The molecule has 4 N–H and O–H groups in total. The first kappa shape index (κ1) is 26.3. The molecule has 2 aromatic heterocycles. The number of rotatable bonds is 13. The Balaban J connectivity index is 1.20. The normalized spacial score (nSPS) is 11.0. The van der Waals surface area contributed by atoms with Crippen LogP contribution in [-0.4, -0.2) is 42.2 Å². The molecule has 0 fully saturated rings. The van der Waals surface area contributed by atoms with Gasteiger partial charge in [0.2, 0.25) is 5.91 Å². The number of pyridine rings is 2. The minimum Gasteiger partial charge on any atom is -0.380 e. The van der Waals surface area contributed by atoms with Gasteiger partial charge in [0.25, 0.3) is 0 Å². The maximum Gasteiger partial charge on any atom is 0.248 e. The van der Waals surface area contributed by atoms with Crippen LogP contribution in [0.4, 0.5) is 5.82 Å². The van der Waals surface area contributed by atoms with E-state index in [0.29, 0.717) is 48.8 Å². The highest BCUT2D eigenvalue weighted by atomic mass is 35.5. The van der Waals surface area contributed by atoms with Gasteiger partial charge in [-0.2, -0.15) is 5.26 Å². The second kappa shape index (κ2) is 13.0. The number of carbonyl (C=O) groups is 1. The molecule has 0 aliphatic carbocycles. The average molecular weight is 517 g/mol. The lowest BCUT2D eigenvalue weighted by Gasteiger charge is -2.12. The first-order chi connectivity index (χ1) is 18.1. The van der Waals surface area contributed by atoms with Crippen LogP contribution in [0.2, 0.25) is 5.02 Å². The molecule has 0 radical (unpaired) electrons. The van der Waals surface area contributed by atoms with Crippen molar-refractivity contribution in [3.63, 3.8) is 0 Å². The van der Waals surface area contributed by atoms with Crippen molar-refractivity contribution in [1.29, 1.82) is 5.26 Å². The van der Waals surface area contributed by atoms with Gasteiger partial charge in [0.1, 0.15) is 5.82 Å². The first-order valence-corrected chi connectivity index (χ1v) is 12.6. The van der Waals surface area contributed by atoms with Crippen LogP contribution in [0.5, 0.6) is 0 Å². The highest BCUT2D eigenvalue weighted by molar-refractivity contribution is 6.31. The van der Waals surface area contributed by atoms with Crippen LogP contribution in [0, 0.1) is 11.3 Å². The third-order valence-electron chi connectivity index (χ3n) is 6.02. The van der Waals surface area contributed by atoms with Gasteiger partial charge in [-0.15, -0.1) is 0 Å². The number of unbranched alkanes of at least 4 members (excludes halogenated alkanes) is 1. The van der Waals surface area contributed by atoms with Crippen LogP contribution < -0.4 is 16.4 Å². The summed E-state index contributed by atoms with van der Waals surface area (Å²) in [5.74, 6) is 0.235. The van der Waals surface area contributed by atoms with Gasteiger partial charge in [-0.05, 0) is 54.8 Å². The molecule has 2 aromatic carbocycles. The number of hydrogen-bond donors (Lipinski definition) is 3. The number of primary amides is 1. The van der Waals surface area contributed by atoms with E-state index in [9.17, 15) is 4.79 Å². The van der Waals surface area contributed by atoms with Crippen LogP contribution in [0.25, 0.3) is 21.7 Å². The minimum atomic E-state index is -0.485. The summed E-state index contributed by atoms with van der Waals surface area (Å²) in [7, 11) is 0. The summed E-state index contributed by atoms with van der Waals surface area (Å²) in [4.78, 5) is 20.6. The van der Waals surface area contributed by atoms with Gasteiger partial charge in [0.05, 0.1) is 24.6 Å². The van der Waals surface area contributed by atoms with Crippen molar-refractivity contribution in [1.82, 2.24) is 15.3 Å². The molecule has 0 aliphatic rings. The zero-order valence-electron chi connectivity index (χ0n) is 20.5. The number of fused-ring (bicyclic) bond motifs is 3. The fraction of sp³-hybridized carbons (Fsp3) is 0.286. The van der Waals surface area contributed by atoms with E-state index in [-0.39, 0.29) is 0 Å². The highest BCUT2D eigenvalue weighted by Gasteiger charge is 2.10. The van der Waals surface area contributed by atoms with E-state index in [0.717, 1.165) is 52.5 Å². The number of amides is 1. The van der Waals surface area contributed by atoms with Crippen molar-refractivity contribution in [2.75, 3.05) is 31.6 Å². The van der Waals surface area contributed by atoms with Gasteiger partial charge in [0.15, 0.2) is 0 Å². The molecule has 4 rings (SSSR count). The van der Waals surface area contributed by atoms with E-state index in [2.05, 4.69) is 21.7 Å². The number of nitrogens with zero attached hydrogens (tertiary/aromatic N) is 3. The van der Waals surface area contributed by atoms with Crippen LogP contribution in [0.3, 0.4) is 0 Å². The molecule has 0 spiro atoms. The number of nitrogens with one attached hydrogen (secondary N) is 2. The minimum absolute atomic E-state index is 0.386. The Morgan fingerprint density at radius 3 is 2.78 bits per heavy atom. The van der Waals surface area contributed by atoms with E-state index >= 15 is 0 Å². The summed E-state index contributed by atoms with van der Waals surface area (Å²) in [5, 5.41) is 19.2. The van der Waals surface area contributed by atoms with Crippen molar-refractivity contribution >= 4 is 45.0 Å². The number of hydrogen-bond acceptors (Lipinski definition) is 7. The maximum absolute atomic E-state index is 11.6. The fourth-order valence-electron chi connectivity index (χ4n) is 4.12. The quantitative estimate of drug-likeness (QED) is 0.175. The summed E-state index contributed by atoms with van der Waals surface area (Å²) < 4.78 is 5.79. The largest absolute Gasteiger partial charge is 0.380 e. The second-order valence-electron chi connectivity index (χ2n) is 8.66. The topological polar surface area (TPSA) is 126 Å². The average Bonchev–Trinajstić information content (AvgIpc) is 2.91. The Morgan fingerprint density at radius 1 is 1.05 bits per heavy atom. The third-order valence-corrected chi connectivity index (χ3v) is 6.39. The Kier molecular flexibility index (Phi) is 9.22. The summed E-state index contributed by atoms with van der Waals surface area (Å²) in [6.45, 7) is 3.34. The summed E-state index contributed by atoms with van der Waals surface area (Å²) in [6.07, 6.45) is 5.84. The predicted molar refractivity (Wildman–Crippen MR) is 147 cm³/mol. The predicted octanol–water partition coefficient (Wildman–Crippen LogP) is 4.60. The Labute approximate surface area is 220 Å². The first-order valence-electron chi connectivity index (χ1n) is 12.2. The number of benzene rings is 2. The monoisotopic (exact) mass is 516 g/mol. The number of carbonyl (C=O) groups excluding carboxylic acids is 1. The fourth-order valence-corrected chi connectivity index (χ4v) is 4.31. The van der Waals surface area contributed by atoms with Crippen LogP contribution in [0.15, 0.2) is 54.9 Å². The lowest BCUT2D eigenvalue weighted by atomic mass is 10.1. The number of aromatic nitrogens is 2. The molecule has 2 heterocycles. The van der Waals surface area contributed by atoms with Gasteiger partial charge in [-0.3, -0.25) is 9.78 Å². The van der Waals surface area contributed by atoms with Crippen molar-refractivity contribution in [3.05, 3.63) is 76.6 Å². The van der Waals surface area contributed by atoms with E-state index in [1.165, 1.54) is 0 Å². The second-order valence-corrected chi connectivity index (χ2v) is 9.07. The molecule has 8 nitrogen and oxygen atoms in total. The van der Waals surface area contributed by atoms with E-state index in [1.54, 1.807) is 24.5 Å². The maximum atomic E-state index is 11.6. The van der Waals surface area contributed by atoms with Crippen LogP contribution in [-0.2, 0) is 17.7 Å². The lowest BCUT2D eigenvalue weighted by Crippen LogP contribution is -2.16. The van der Waals surface area contributed by atoms with E-state index < -0.39 is 5.91 Å². The molecular weight excluding hydrogens is 488 g/mol. The van der Waals surface area contributed by atoms with Gasteiger partial charge < -0.3 is 21.1 Å². The Bertz CT molecular complexity index is 1440. The molecule has 0 unspecified atom stereocenters. The molecular formula is C28H29ClN6O2. The third kappa shape index (κ3) is 6.92. The molecule has 0 bridgehead atoms. The summed E-state index contributed by atoms with van der Waals surface area (Å²) >= 11 is 6.26. The van der Waals surface area contributed by atoms with Gasteiger partial charge >= 0.3 is 0 Å². The number of anilines is 1. The molecule has 0 atom stereocenters. The molecule has 9 heteroatoms. The zero-order valence-corrected chi connectivity index (χ0v) is 21.2. The Morgan fingerprint density at radius 2 is 1.95 bits per heavy atom. The summed E-state index contributed by atoms with van der Waals surface area (Å²) in [5.41, 5.74) is 8.53. The highest BCUT2D eigenvalue weighted by Crippen LogP contribution is 2.29. The van der Waals surface area contributed by atoms with Gasteiger partial charge in [-0.1, -0.05) is 29.8 Å². The van der Waals surface area contributed by atoms with E-state index in [4.69, 9.17) is 32.3 Å². The number of ether oxygens (including phenoxy) is 1. The molecule has 1 amide bonds. The molecule has 37 heavy (non-hydrogen) atoms. The van der Waals surface area contributed by atoms with Crippen LogP contribution >= 0.6 is 11.6 Å². The van der Waals surface area contributed by atoms with Crippen molar-refractivity contribution in [2.24, 2.45) is 5.73 Å². The number of nitrogens with two attached hydrogens (primary N) is 1. The number of halogens is 1. The van der Waals surface area contributed by atoms with Crippen molar-refractivity contribution in [2.45, 2.75) is 25.8 Å². The SMILES string of the molecule is N#CCc1ccc(Cl)c(CNCCCCOCCNc2nc3cc(C(N)=O)ccc3c3cnccc23)c1. The summed E-state index contributed by atoms with van der Waals surface area (Å²) in [6, 6.07) is 15.1. The van der Waals surface area contributed by atoms with Crippen LogP contribution in [0.1, 0.15) is 34.3 Å². The molecule has 4 aromatic rings. The van der Waals surface area contributed by atoms with Gasteiger partial charge in [0, 0.05) is 58.8 Å². The lowest BCUT2D eigenvalue weighted by molar-refractivity contribution is 0.100. The Hall–Kier alpha value is -3.77. The smallest absolute Gasteiger partial charge is 0.248 e. The van der Waals surface area contributed by atoms with Crippen molar-refractivity contribution in [3.8, 4) is 6.07 Å². The standard InChI is InChI=1S/C28H29ClN6O2/c29-25-6-3-19(7-9-30)15-21(25)17-32-10-1-2-13-37-14-12-34-28-23-8-11-33-18-24(23)22-5-4-20(27(31)36)16-26(22)35-28/h3-6,8,11,15-16,18,32H,1-2,7,10,12-14,17H2,(H2,31,36)(H,34,35). The molecule has 0 saturated carbocycles. The zero-order chi connectivity index (χ0) is 26.0. The molecule has 0 aliphatic heterocycles. The number of nitriles is 1. The van der Waals surface area contributed by atoms with Gasteiger partial charge in [-0.25, -0.2) is 4.98 Å². The molecule has 190 valence electrons. The van der Waals surface area contributed by atoms with Crippen molar-refractivity contribution < 1.29 is 9.53 Å².